The zero-order chi connectivity index (χ0) is 29.5. The highest BCUT2D eigenvalue weighted by molar-refractivity contribution is 9.10. The summed E-state index contributed by atoms with van der Waals surface area (Å²) < 4.78 is 24.0. The third kappa shape index (κ3) is 8.28. The van der Waals surface area contributed by atoms with Gasteiger partial charge < -0.3 is 24.1 Å². The van der Waals surface area contributed by atoms with Crippen LogP contribution in [0.3, 0.4) is 0 Å². The number of hydrogen-bond acceptors (Lipinski definition) is 9. The van der Waals surface area contributed by atoms with Crippen molar-refractivity contribution >= 4 is 33.7 Å². The molecule has 11 heteroatoms. The first-order chi connectivity index (χ1) is 19.6. The molecule has 2 aromatic carbocycles. The number of benzene rings is 2. The normalized spacial score (nSPS) is 21.1. The number of aliphatic imine (C=N–C) groups is 1. The summed E-state index contributed by atoms with van der Waals surface area (Å²) in [6.07, 6.45) is -0.219. The van der Waals surface area contributed by atoms with Gasteiger partial charge in [-0.2, -0.15) is 0 Å². The maximum atomic E-state index is 14.2. The number of morpholine rings is 1. The molecule has 2 N–H and O–H groups in total. The van der Waals surface area contributed by atoms with Crippen LogP contribution in [0.5, 0.6) is 5.75 Å². The molecule has 2 heterocycles. The average molecular weight is 633 g/mol. The van der Waals surface area contributed by atoms with Crippen LogP contribution in [0.4, 0.5) is 0 Å². The summed E-state index contributed by atoms with van der Waals surface area (Å²) in [4.78, 5) is 32.0. The quantitative estimate of drug-likeness (QED) is 0.283. The summed E-state index contributed by atoms with van der Waals surface area (Å²) in [5.74, 6) is 0.154. The molecule has 0 radical (unpaired) electrons. The van der Waals surface area contributed by atoms with E-state index in [0.717, 1.165) is 10.0 Å². The number of nitrogens with zero attached hydrogens (tertiary/aromatic N) is 2. The van der Waals surface area contributed by atoms with Gasteiger partial charge in [0.05, 0.1) is 19.8 Å². The number of aliphatic hydroxyl groups excluding tert-OH is 1. The number of halogens is 1. The molecule has 1 saturated heterocycles. The van der Waals surface area contributed by atoms with Crippen molar-refractivity contribution in [3.63, 3.8) is 0 Å². The largest absolute Gasteiger partial charge is 0.494 e. The number of carbonyl (C=O) groups is 2. The van der Waals surface area contributed by atoms with Crippen molar-refractivity contribution in [2.75, 3.05) is 39.5 Å². The minimum absolute atomic E-state index is 0.0292. The van der Waals surface area contributed by atoms with Gasteiger partial charge in [0.1, 0.15) is 11.4 Å². The van der Waals surface area contributed by atoms with E-state index >= 15 is 0 Å². The monoisotopic (exact) mass is 631 g/mol. The first kappa shape index (κ1) is 31.0. The lowest BCUT2D eigenvalue weighted by atomic mass is 9.83. The Morgan fingerprint density at radius 2 is 1.80 bits per heavy atom. The lowest BCUT2D eigenvalue weighted by Crippen LogP contribution is -2.56. The number of nitrogens with one attached hydrogen (secondary N) is 1. The number of hydrogen-bond donors (Lipinski definition) is 2. The zero-order valence-electron chi connectivity index (χ0n) is 23.7. The van der Waals surface area contributed by atoms with Crippen LogP contribution < -0.4 is 10.2 Å². The van der Waals surface area contributed by atoms with Crippen molar-refractivity contribution < 1.29 is 33.6 Å². The average Bonchev–Trinajstić information content (AvgIpc) is 3.33. The molecule has 0 bridgehead atoms. The van der Waals surface area contributed by atoms with E-state index in [1.807, 2.05) is 62.2 Å². The van der Waals surface area contributed by atoms with E-state index in [-0.39, 0.29) is 25.4 Å². The summed E-state index contributed by atoms with van der Waals surface area (Å²) in [6.45, 7) is 7.94. The summed E-state index contributed by atoms with van der Waals surface area (Å²) >= 11 is 3.48. The Hall–Kier alpha value is -2.99. The Labute approximate surface area is 249 Å². The second-order valence-electron chi connectivity index (χ2n) is 11.0. The second kappa shape index (κ2) is 13.8. The lowest BCUT2D eigenvalue weighted by molar-refractivity contribution is -0.155. The van der Waals surface area contributed by atoms with Gasteiger partial charge >= 0.3 is 5.97 Å². The molecular weight excluding hydrogens is 594 g/mol. The summed E-state index contributed by atoms with van der Waals surface area (Å²) in [5.41, 5.74) is 2.32. The molecule has 0 spiro atoms. The van der Waals surface area contributed by atoms with E-state index in [4.69, 9.17) is 29.0 Å². The van der Waals surface area contributed by atoms with Crippen LogP contribution in [-0.2, 0) is 23.8 Å². The van der Waals surface area contributed by atoms with E-state index in [9.17, 15) is 9.59 Å². The van der Waals surface area contributed by atoms with E-state index < -0.39 is 23.2 Å². The fourth-order valence-corrected chi connectivity index (χ4v) is 4.87. The first-order valence-electron chi connectivity index (χ1n) is 13.8. The molecule has 2 atom stereocenters. The fraction of sp³-hybridized carbons (Fsp3) is 0.500. The van der Waals surface area contributed by atoms with Gasteiger partial charge in [-0.1, -0.05) is 28.1 Å². The van der Waals surface area contributed by atoms with Crippen LogP contribution >= 0.6 is 15.9 Å². The SMILES string of the molecule is CC(C)(C)OC(=O)CC[C@]1(C(=O)NN2CCOCC2)N=C(c2ccc(OCCCO)cc2)O[C@H]1c1ccc(Br)cc1. The molecule has 0 aromatic heterocycles. The Morgan fingerprint density at radius 3 is 2.44 bits per heavy atom. The van der Waals surface area contributed by atoms with Gasteiger partial charge in [-0.15, -0.1) is 0 Å². The summed E-state index contributed by atoms with van der Waals surface area (Å²) in [5, 5.41) is 10.8. The molecule has 41 heavy (non-hydrogen) atoms. The van der Waals surface area contributed by atoms with Gasteiger partial charge in [-0.3, -0.25) is 15.0 Å². The number of carbonyl (C=O) groups excluding carboxylic acids is 2. The van der Waals surface area contributed by atoms with Gasteiger partial charge in [0.15, 0.2) is 11.6 Å². The van der Waals surface area contributed by atoms with Gasteiger partial charge in [-0.25, -0.2) is 10.0 Å². The van der Waals surface area contributed by atoms with E-state index in [1.165, 1.54) is 0 Å². The highest BCUT2D eigenvalue weighted by Gasteiger charge is 2.54. The lowest BCUT2D eigenvalue weighted by Gasteiger charge is -2.34. The van der Waals surface area contributed by atoms with Gasteiger partial charge in [0, 0.05) is 42.6 Å². The number of ether oxygens (including phenoxy) is 4. The molecule has 0 saturated carbocycles. The first-order valence-corrected chi connectivity index (χ1v) is 14.6. The molecule has 0 unspecified atom stereocenters. The highest BCUT2D eigenvalue weighted by atomic mass is 79.9. The van der Waals surface area contributed by atoms with Crippen molar-refractivity contribution in [2.45, 2.75) is 57.3 Å². The Morgan fingerprint density at radius 1 is 1.12 bits per heavy atom. The minimum Gasteiger partial charge on any atom is -0.494 e. The number of hydrazine groups is 1. The zero-order valence-corrected chi connectivity index (χ0v) is 25.3. The highest BCUT2D eigenvalue weighted by Crippen LogP contribution is 2.43. The fourth-order valence-electron chi connectivity index (χ4n) is 4.61. The van der Waals surface area contributed by atoms with Crippen LogP contribution in [0.2, 0.25) is 0 Å². The van der Waals surface area contributed by atoms with Crippen molar-refractivity contribution in [3.8, 4) is 5.75 Å². The predicted molar refractivity (Wildman–Crippen MR) is 156 cm³/mol. The second-order valence-corrected chi connectivity index (χ2v) is 11.9. The Bertz CT molecular complexity index is 1210. The van der Waals surface area contributed by atoms with Crippen LogP contribution in [0.25, 0.3) is 0 Å². The topological polar surface area (TPSA) is 119 Å². The number of rotatable bonds is 11. The maximum Gasteiger partial charge on any atom is 0.306 e. The molecular formula is C30H38BrN3O7. The number of esters is 1. The smallest absolute Gasteiger partial charge is 0.306 e. The van der Waals surface area contributed by atoms with Crippen molar-refractivity contribution in [1.29, 1.82) is 0 Å². The van der Waals surface area contributed by atoms with E-state index in [2.05, 4.69) is 21.4 Å². The van der Waals surface area contributed by atoms with E-state index in [1.54, 1.807) is 12.1 Å². The van der Waals surface area contributed by atoms with E-state index in [0.29, 0.717) is 56.5 Å². The van der Waals surface area contributed by atoms with Crippen LogP contribution in [0.1, 0.15) is 57.3 Å². The van der Waals surface area contributed by atoms with Crippen LogP contribution in [0, 0.1) is 0 Å². The summed E-state index contributed by atoms with van der Waals surface area (Å²) in [6, 6.07) is 14.8. The van der Waals surface area contributed by atoms with Crippen molar-refractivity contribution in [1.82, 2.24) is 10.4 Å². The molecule has 222 valence electrons. The molecule has 2 aliphatic rings. The van der Waals surface area contributed by atoms with Crippen molar-refractivity contribution in [2.24, 2.45) is 4.99 Å². The molecule has 1 fully saturated rings. The number of amides is 1. The Balaban J connectivity index is 1.70. The molecule has 2 aromatic rings. The van der Waals surface area contributed by atoms with Gasteiger partial charge in [0.2, 0.25) is 5.90 Å². The Kier molecular flexibility index (Phi) is 10.4. The molecule has 0 aliphatic carbocycles. The van der Waals surface area contributed by atoms with Crippen LogP contribution in [-0.4, -0.2) is 78.5 Å². The maximum absolute atomic E-state index is 14.2. The third-order valence-electron chi connectivity index (χ3n) is 6.60. The standard InChI is InChI=1S/C30H38BrN3O7/c1-29(2,3)41-25(36)13-14-30(28(37)33-34-15-19-38-20-16-34)26(21-5-9-23(31)10-6-21)40-27(32-30)22-7-11-24(12-8-22)39-18-4-17-35/h5-12,26,35H,4,13-20H2,1-3H3,(H,33,37)/t26-,30-/m0/s1. The molecule has 1 amide bonds. The van der Waals surface area contributed by atoms with Crippen LogP contribution in [0.15, 0.2) is 58.0 Å². The molecule has 2 aliphatic heterocycles. The third-order valence-corrected chi connectivity index (χ3v) is 7.13. The van der Waals surface area contributed by atoms with Gasteiger partial charge in [0.25, 0.3) is 5.91 Å². The van der Waals surface area contributed by atoms with Crippen molar-refractivity contribution in [3.05, 3.63) is 64.1 Å². The molecule has 10 nitrogen and oxygen atoms in total. The van der Waals surface area contributed by atoms with Gasteiger partial charge in [-0.05, 0) is 69.2 Å². The predicted octanol–water partition coefficient (Wildman–Crippen LogP) is 3.95. The minimum atomic E-state index is -1.45. The summed E-state index contributed by atoms with van der Waals surface area (Å²) in [7, 11) is 0. The number of aliphatic hydroxyl groups is 1. The molecule has 4 rings (SSSR count).